The lowest BCUT2D eigenvalue weighted by Gasteiger charge is -2.22. The summed E-state index contributed by atoms with van der Waals surface area (Å²) in [5.74, 6) is 1.21. The van der Waals surface area contributed by atoms with Crippen LogP contribution in [0.4, 0.5) is 0 Å². The Labute approximate surface area is 182 Å². The molecule has 4 rings (SSSR count). The predicted molar refractivity (Wildman–Crippen MR) is 117 cm³/mol. The van der Waals surface area contributed by atoms with Gasteiger partial charge in [-0.3, -0.25) is 14.2 Å². The molecule has 1 aliphatic heterocycles. The van der Waals surface area contributed by atoms with Crippen LogP contribution in [-0.4, -0.2) is 28.7 Å². The highest BCUT2D eigenvalue weighted by atomic mass is 79.9. The van der Waals surface area contributed by atoms with E-state index >= 15 is 0 Å². The molecule has 0 radical (unpaired) electrons. The maximum absolute atomic E-state index is 12.7. The fourth-order valence-corrected chi connectivity index (χ4v) is 4.19. The third kappa shape index (κ3) is 4.05. The number of ether oxygens (including phenoxy) is 2. The van der Waals surface area contributed by atoms with Crippen molar-refractivity contribution >= 4 is 32.7 Å². The van der Waals surface area contributed by atoms with E-state index < -0.39 is 0 Å². The topological polar surface area (TPSA) is 82.5 Å². The number of hydrogen-bond donors (Lipinski definition) is 1. The van der Waals surface area contributed by atoms with Crippen LogP contribution in [0, 0.1) is 6.92 Å². The van der Waals surface area contributed by atoms with Gasteiger partial charge in [-0.25, -0.2) is 4.98 Å². The first-order valence-corrected chi connectivity index (χ1v) is 10.6. The van der Waals surface area contributed by atoms with Crippen molar-refractivity contribution < 1.29 is 14.3 Å². The van der Waals surface area contributed by atoms with Gasteiger partial charge in [0.15, 0.2) is 11.5 Å². The van der Waals surface area contributed by atoms with Gasteiger partial charge >= 0.3 is 0 Å². The van der Waals surface area contributed by atoms with Crippen molar-refractivity contribution in [1.82, 2.24) is 14.9 Å². The van der Waals surface area contributed by atoms with Gasteiger partial charge in [0, 0.05) is 17.4 Å². The molecule has 156 valence electrons. The molecule has 1 aliphatic rings. The fraction of sp³-hybridized carbons (Fsp3) is 0.318. The first kappa shape index (κ1) is 20.4. The number of benzene rings is 2. The Morgan fingerprint density at radius 1 is 1.27 bits per heavy atom. The summed E-state index contributed by atoms with van der Waals surface area (Å²) in [6, 6.07) is 9.01. The van der Waals surface area contributed by atoms with E-state index in [1.807, 2.05) is 38.1 Å². The standard InChI is InChI=1S/C22H22BrN3O4/c1-13-4-3-5-15-21(13)24-12-26(22(15)28)7-6-20(27)25-14(2)16-10-18-19(11-17(16)23)30-9-8-29-18/h3-5,10-12,14H,6-9H2,1-2H3,(H,25,27)/t14-/m0/s1. The number of rotatable bonds is 5. The van der Waals surface area contributed by atoms with E-state index in [9.17, 15) is 9.59 Å². The van der Waals surface area contributed by atoms with Gasteiger partial charge in [0.1, 0.15) is 13.2 Å². The molecular weight excluding hydrogens is 450 g/mol. The predicted octanol–water partition coefficient (Wildman–Crippen LogP) is 3.51. The summed E-state index contributed by atoms with van der Waals surface area (Å²) >= 11 is 3.54. The molecule has 7 nitrogen and oxygen atoms in total. The van der Waals surface area contributed by atoms with Crippen molar-refractivity contribution in [2.75, 3.05) is 13.2 Å². The molecule has 0 spiro atoms. The summed E-state index contributed by atoms with van der Waals surface area (Å²) in [5.41, 5.74) is 2.40. The number of carbonyl (C=O) groups excluding carboxylic acids is 1. The number of carbonyl (C=O) groups is 1. The van der Waals surface area contributed by atoms with Crippen molar-refractivity contribution in [3.8, 4) is 11.5 Å². The van der Waals surface area contributed by atoms with E-state index in [0.717, 1.165) is 15.6 Å². The molecule has 1 N–H and O–H groups in total. The van der Waals surface area contributed by atoms with Crippen molar-refractivity contribution in [2.45, 2.75) is 32.9 Å². The second-order valence-corrected chi connectivity index (χ2v) is 8.13. The molecule has 0 saturated heterocycles. The highest BCUT2D eigenvalue weighted by Crippen LogP contribution is 2.37. The first-order valence-electron chi connectivity index (χ1n) is 9.77. The molecule has 8 heteroatoms. The summed E-state index contributed by atoms with van der Waals surface area (Å²) in [7, 11) is 0. The Kier molecular flexibility index (Phi) is 5.76. The third-order valence-corrected chi connectivity index (χ3v) is 5.83. The van der Waals surface area contributed by atoms with Crippen LogP contribution in [0.3, 0.4) is 0 Å². The SMILES string of the molecule is Cc1cccc2c(=O)n(CCC(=O)N[C@@H](C)c3cc4c(cc3Br)OCCO4)cnc12. The lowest BCUT2D eigenvalue weighted by molar-refractivity contribution is -0.122. The van der Waals surface area contributed by atoms with Gasteiger partial charge in [-0.05, 0) is 43.2 Å². The van der Waals surface area contributed by atoms with Gasteiger partial charge < -0.3 is 14.8 Å². The smallest absolute Gasteiger partial charge is 0.261 e. The molecule has 0 bridgehead atoms. The summed E-state index contributed by atoms with van der Waals surface area (Å²) < 4.78 is 13.5. The molecule has 30 heavy (non-hydrogen) atoms. The van der Waals surface area contributed by atoms with Crippen LogP contribution in [0.25, 0.3) is 10.9 Å². The minimum atomic E-state index is -0.239. The highest BCUT2D eigenvalue weighted by molar-refractivity contribution is 9.10. The molecule has 3 aromatic rings. The number of aryl methyl sites for hydroxylation is 2. The molecule has 0 aliphatic carbocycles. The molecule has 1 amide bonds. The van der Waals surface area contributed by atoms with Crippen LogP contribution in [-0.2, 0) is 11.3 Å². The minimum absolute atomic E-state index is 0.140. The number of hydrogen-bond acceptors (Lipinski definition) is 5. The maximum atomic E-state index is 12.7. The summed E-state index contributed by atoms with van der Waals surface area (Å²) in [4.78, 5) is 29.6. The van der Waals surface area contributed by atoms with Crippen LogP contribution in [0.5, 0.6) is 11.5 Å². The molecular formula is C22H22BrN3O4. The van der Waals surface area contributed by atoms with Crippen LogP contribution < -0.4 is 20.3 Å². The van der Waals surface area contributed by atoms with E-state index in [4.69, 9.17) is 9.47 Å². The average molecular weight is 472 g/mol. The third-order valence-electron chi connectivity index (χ3n) is 5.14. The monoisotopic (exact) mass is 471 g/mol. The quantitative estimate of drug-likeness (QED) is 0.615. The number of halogens is 1. The Morgan fingerprint density at radius 3 is 2.77 bits per heavy atom. The normalized spacial score (nSPS) is 13.8. The molecule has 1 aromatic heterocycles. The Hall–Kier alpha value is -2.87. The highest BCUT2D eigenvalue weighted by Gasteiger charge is 2.19. The number of aromatic nitrogens is 2. The Balaban J connectivity index is 1.44. The van der Waals surface area contributed by atoms with Gasteiger partial charge in [-0.1, -0.05) is 28.1 Å². The van der Waals surface area contributed by atoms with Crippen LogP contribution in [0.1, 0.15) is 30.5 Å². The summed E-state index contributed by atoms with van der Waals surface area (Å²) in [5, 5.41) is 3.54. The van der Waals surface area contributed by atoms with E-state index in [2.05, 4.69) is 26.2 Å². The number of amides is 1. The zero-order chi connectivity index (χ0) is 21.3. The van der Waals surface area contributed by atoms with Crippen LogP contribution >= 0.6 is 15.9 Å². The second kappa shape index (κ2) is 8.47. The van der Waals surface area contributed by atoms with E-state index in [1.165, 1.54) is 10.9 Å². The van der Waals surface area contributed by atoms with Gasteiger partial charge in [0.2, 0.25) is 5.91 Å². The lowest BCUT2D eigenvalue weighted by Crippen LogP contribution is -2.30. The summed E-state index contributed by atoms with van der Waals surface area (Å²) in [6.07, 6.45) is 1.68. The van der Waals surface area contributed by atoms with Gasteiger partial charge in [-0.2, -0.15) is 0 Å². The maximum Gasteiger partial charge on any atom is 0.261 e. The van der Waals surface area contributed by atoms with Crippen LogP contribution in [0.2, 0.25) is 0 Å². The second-order valence-electron chi connectivity index (χ2n) is 7.27. The summed E-state index contributed by atoms with van der Waals surface area (Å²) in [6.45, 7) is 5.11. The van der Waals surface area contributed by atoms with Gasteiger partial charge in [-0.15, -0.1) is 0 Å². The van der Waals surface area contributed by atoms with Crippen LogP contribution in [0.15, 0.2) is 45.9 Å². The molecule has 2 aromatic carbocycles. The van der Waals surface area contributed by atoms with Crippen molar-refractivity contribution in [3.05, 3.63) is 62.6 Å². The average Bonchev–Trinajstić information content (AvgIpc) is 2.73. The van der Waals surface area contributed by atoms with Gasteiger partial charge in [0.25, 0.3) is 5.56 Å². The molecule has 0 unspecified atom stereocenters. The fourth-order valence-electron chi connectivity index (χ4n) is 3.52. The van der Waals surface area contributed by atoms with Gasteiger partial charge in [0.05, 0.1) is 23.3 Å². The number of nitrogens with one attached hydrogen (secondary N) is 1. The zero-order valence-electron chi connectivity index (χ0n) is 16.8. The zero-order valence-corrected chi connectivity index (χ0v) is 18.4. The van der Waals surface area contributed by atoms with Crippen molar-refractivity contribution in [1.29, 1.82) is 0 Å². The number of nitrogens with zero attached hydrogens (tertiary/aromatic N) is 2. The Bertz CT molecular complexity index is 1170. The van der Waals surface area contributed by atoms with E-state index in [0.29, 0.717) is 35.6 Å². The first-order chi connectivity index (χ1) is 14.4. The van der Waals surface area contributed by atoms with Crippen molar-refractivity contribution in [2.24, 2.45) is 0 Å². The van der Waals surface area contributed by atoms with E-state index in [-0.39, 0.29) is 30.5 Å². The Morgan fingerprint density at radius 2 is 2.00 bits per heavy atom. The van der Waals surface area contributed by atoms with Crippen molar-refractivity contribution in [3.63, 3.8) is 0 Å². The number of para-hydroxylation sites is 1. The number of fused-ring (bicyclic) bond motifs is 2. The molecule has 0 fully saturated rings. The molecule has 2 heterocycles. The lowest BCUT2D eigenvalue weighted by atomic mass is 10.1. The largest absolute Gasteiger partial charge is 0.486 e. The minimum Gasteiger partial charge on any atom is -0.486 e. The molecule has 1 atom stereocenters. The molecule has 0 saturated carbocycles. The van der Waals surface area contributed by atoms with E-state index in [1.54, 1.807) is 6.07 Å².